The number of ether oxygens (including phenoxy) is 6. The Labute approximate surface area is 699 Å². The van der Waals surface area contributed by atoms with Gasteiger partial charge in [0.2, 0.25) is 11.8 Å². The molecule has 43 heteroatoms. The predicted octanol–water partition coefficient (Wildman–Crippen LogP) is 11.9. The molecule has 9 N–H and O–H groups in total. The monoisotopic (exact) mass is 1770 g/mol. The largest absolute Gasteiger partial charge is 0.736 e. The molecule has 13 rings (SSSR count). The van der Waals surface area contributed by atoms with E-state index in [1.54, 1.807) is 59.3 Å². The summed E-state index contributed by atoms with van der Waals surface area (Å²) < 4.78 is 151. The van der Waals surface area contributed by atoms with Crippen LogP contribution < -0.4 is 41.0 Å². The van der Waals surface area contributed by atoms with Gasteiger partial charge in [-0.25, -0.2) is 9.97 Å². The Morgan fingerprint density at radius 1 is 0.810 bits per heavy atom. The fourth-order valence-corrected chi connectivity index (χ4v) is 20.5. The van der Waals surface area contributed by atoms with Gasteiger partial charge >= 0.3 is 24.5 Å². The lowest BCUT2D eigenvalue weighted by Crippen LogP contribution is -2.42. The Hall–Kier alpha value is -9.17. The third-order valence-electron chi connectivity index (χ3n) is 20.7. The Balaban J connectivity index is 0.540. The molecule has 6 unspecified atom stereocenters. The van der Waals surface area contributed by atoms with Crippen LogP contribution >= 0.6 is 24.5 Å². The number of azide groups is 1. The van der Waals surface area contributed by atoms with Crippen molar-refractivity contribution in [3.8, 4) is 29.1 Å². The number of nitrogen functional groups attached to an aromatic ring is 1. The number of phenols is 1. The van der Waals surface area contributed by atoms with E-state index in [0.29, 0.717) is 105 Å². The van der Waals surface area contributed by atoms with Crippen LogP contribution in [0.5, 0.6) is 17.2 Å². The topological polar surface area (TPSA) is 507 Å². The number of carbonyl (C=O) groups excluding carboxylic acids is 3. The Kier molecular flexibility index (Phi) is 29.3. The summed E-state index contributed by atoms with van der Waals surface area (Å²) in [5.41, 5.74) is 20.5. The van der Waals surface area contributed by atoms with E-state index < -0.39 is 92.1 Å². The van der Waals surface area contributed by atoms with E-state index in [0.717, 1.165) is 33.6 Å². The number of rotatable bonds is 45. The lowest BCUT2D eigenvalue weighted by atomic mass is 9.74. The van der Waals surface area contributed by atoms with Gasteiger partial charge < -0.3 is 69.6 Å². The van der Waals surface area contributed by atoms with Gasteiger partial charge in [-0.1, -0.05) is 111 Å². The van der Waals surface area contributed by atoms with Gasteiger partial charge in [0.1, 0.15) is 75.8 Å². The van der Waals surface area contributed by atoms with E-state index in [1.165, 1.54) is 24.5 Å². The van der Waals surface area contributed by atoms with Crippen molar-refractivity contribution < 1.29 is 120 Å². The standard InChI is InChI=1S/C78H91N12O26P3S2/c1-5-103-64-47-71(108-65(64)49-107-118(111-112-118)116-119(113-114-119)115-117(95)109-110-117)90-48-55(72-74(79)84-52-85-75(72)90)20-17-36-81-69(93)50-102-42-43-105-70(86-87-80)51-106-58-21-16-19-54(45-58)76(94)83-38-37-82-68(92)26-10-7-14-39-89-63-34-28-53-27-33-59(121(99,100)101)46-60(53)73(63)77(2,3)66(89)24-8-6-9-25-67-78(4,35-13-15-44-120(96,97)98)61-22-11-12-23-62(61)88(67)40-18-41-104-57-31-29-56(91)30-32-57/h6,8-9,11-12,16,19,21-25,27-34,45-46,48,52,64-65,67,70-71,95H,5,7,10,13-15,18,26,35-44,47,49-51H2,1-4H3,(H5-3,79,81,82,83,84,85,91,92,93,94,96,97,98,99,100,101)/p+3/b8-6+,25-9+,66-24+. The highest BCUT2D eigenvalue weighted by atomic mass is 32.2. The molecule has 646 valence electrons. The number of amides is 3. The van der Waals surface area contributed by atoms with Crippen molar-refractivity contribution in [3.05, 3.63) is 184 Å². The van der Waals surface area contributed by atoms with Gasteiger partial charge in [0.25, 0.3) is 26.1 Å². The first-order valence-corrected chi connectivity index (χ1v) is 46.4. The molecule has 2 aromatic heterocycles. The van der Waals surface area contributed by atoms with Gasteiger partial charge in [-0.05, 0) is 139 Å². The fourth-order valence-electron chi connectivity index (χ4n) is 14.9. The first-order chi connectivity index (χ1) is 58.1. The number of unbranched alkanes of at least 4 members (excludes halogenated alkanes) is 3. The third kappa shape index (κ3) is 23.2. The molecule has 3 amide bonds. The molecular weight excluding hydrogens is 1680 g/mol. The van der Waals surface area contributed by atoms with E-state index in [1.807, 2.05) is 49.4 Å². The fraction of sp³-hybridized carbons (Fsp3) is 0.423. The molecule has 4 saturated heterocycles. The number of anilines is 3. The molecule has 0 radical (unpaired) electrons. The molecule has 4 fully saturated rings. The summed E-state index contributed by atoms with van der Waals surface area (Å²) in [6, 6.07) is 29.5. The van der Waals surface area contributed by atoms with E-state index in [-0.39, 0.29) is 105 Å². The van der Waals surface area contributed by atoms with E-state index in [9.17, 15) is 55.9 Å². The number of hydrogen-bond donors (Lipinski definition) is 8. The number of aromatic hydroxyl groups is 1. The van der Waals surface area contributed by atoms with Crippen LogP contribution in [0.15, 0.2) is 162 Å². The third-order valence-corrected chi connectivity index (χ3v) is 27.2. The molecule has 5 aromatic carbocycles. The highest BCUT2D eigenvalue weighted by Gasteiger charge is 2.98. The minimum atomic E-state index is -4.54. The SMILES string of the molecule is CCOC1CC(n2cc(C#CCNC(=O)COCCOC(COc3cccc(C(=O)NCCNC(=O)CCCCCN4/C(=C/C=C/C=C/C5N(CCCOc6ccc(O)cc6)c6ccccc6C5(C)CCCCS(=O)(=O)O)C(C)(C)c5c4ccc4ccc(S(=O)(=O)O)cc54)c3)N=[N+]=[N-])c3c(N)ncnc32)OC1CO[P+]1(O[P+]2(O[P+]3(O)OO3)OO2)OO1. The highest BCUT2D eigenvalue weighted by Crippen LogP contribution is 2.98. The summed E-state index contributed by atoms with van der Waals surface area (Å²) in [7, 11) is -19.2. The highest BCUT2D eigenvalue weighted by molar-refractivity contribution is 7.86. The molecule has 7 aromatic rings. The van der Waals surface area contributed by atoms with Gasteiger partial charge in [0.15, 0.2) is 6.23 Å². The second-order valence-electron chi connectivity index (χ2n) is 29.4. The molecular formula is C78H94N12O26P3S2+3. The predicted molar refractivity (Wildman–Crippen MR) is 443 cm³/mol. The zero-order valence-electron chi connectivity index (χ0n) is 66.4. The van der Waals surface area contributed by atoms with E-state index in [4.69, 9.17) is 66.0 Å². The smallest absolute Gasteiger partial charge is 0.508 e. The maximum atomic E-state index is 13.3. The summed E-state index contributed by atoms with van der Waals surface area (Å²) in [5.74, 6) is 5.71. The summed E-state index contributed by atoms with van der Waals surface area (Å²) in [6.07, 6.45) is 14.9. The Morgan fingerprint density at radius 3 is 2.36 bits per heavy atom. The maximum absolute atomic E-state index is 13.3. The average Bonchev–Trinajstić information content (AvgIpc) is 1.57. The van der Waals surface area contributed by atoms with Crippen molar-refractivity contribution in [2.45, 2.75) is 132 Å². The number of benzene rings is 5. The van der Waals surface area contributed by atoms with Gasteiger partial charge in [-0.3, -0.25) is 23.5 Å². The van der Waals surface area contributed by atoms with Crippen molar-refractivity contribution in [1.82, 2.24) is 30.5 Å². The molecule has 6 atom stereocenters. The van der Waals surface area contributed by atoms with Gasteiger partial charge in [0.05, 0.1) is 88.2 Å². The number of para-hydroxylation sites is 1. The number of fused-ring (bicyclic) bond motifs is 5. The summed E-state index contributed by atoms with van der Waals surface area (Å²) in [6.45, 7) is 9.46. The number of carbonyl (C=O) groups is 3. The van der Waals surface area contributed by atoms with Crippen LogP contribution in [-0.4, -0.2) is 177 Å². The van der Waals surface area contributed by atoms with Crippen LogP contribution in [-0.2, 0) is 101 Å². The minimum absolute atomic E-state index is 0.0649. The molecule has 6 aliphatic rings. The molecule has 0 aliphatic carbocycles. The first-order valence-electron chi connectivity index (χ1n) is 39.0. The van der Waals surface area contributed by atoms with Gasteiger partial charge in [0, 0.05) is 90.2 Å². The zero-order chi connectivity index (χ0) is 85.6. The quantitative estimate of drug-likeness (QED) is 0.00168. The Bertz CT molecular complexity index is 5360. The number of hydrogen-bond acceptors (Lipinski definition) is 30. The number of aromatic nitrogens is 3. The second kappa shape index (κ2) is 39.6. The molecule has 8 heterocycles. The second-order valence-corrected chi connectivity index (χ2v) is 37.6. The average molecular weight is 1770 g/mol. The molecule has 0 bridgehead atoms. The minimum Gasteiger partial charge on any atom is -0.508 e. The van der Waals surface area contributed by atoms with Gasteiger partial charge in [-0.15, -0.1) is 4.52 Å². The number of nitrogens with two attached hydrogens (primary N) is 1. The van der Waals surface area contributed by atoms with Crippen molar-refractivity contribution in [3.63, 3.8) is 0 Å². The zero-order valence-corrected chi connectivity index (χ0v) is 70.7. The van der Waals surface area contributed by atoms with Crippen LogP contribution in [0.1, 0.15) is 119 Å². The molecule has 38 nitrogen and oxygen atoms in total. The van der Waals surface area contributed by atoms with Crippen LogP contribution in [0.25, 0.3) is 32.2 Å². The number of allylic oxidation sites excluding steroid dienone is 5. The first kappa shape index (κ1) is 89.6. The van der Waals surface area contributed by atoms with E-state index in [2.05, 4.69) is 112 Å². The van der Waals surface area contributed by atoms with Crippen LogP contribution in [0.2, 0.25) is 0 Å². The molecule has 121 heavy (non-hydrogen) atoms. The van der Waals surface area contributed by atoms with E-state index >= 15 is 0 Å². The van der Waals surface area contributed by atoms with Crippen molar-refractivity contribution >= 4 is 101 Å². The van der Waals surface area contributed by atoms with Crippen molar-refractivity contribution in [2.24, 2.45) is 5.11 Å². The molecule has 0 spiro atoms. The summed E-state index contributed by atoms with van der Waals surface area (Å²) in [4.78, 5) is 64.9. The molecule has 0 saturated carbocycles. The lowest BCUT2D eigenvalue weighted by molar-refractivity contribution is -0.126. The maximum Gasteiger partial charge on any atom is 0.736 e. The molecule has 6 aliphatic heterocycles. The lowest BCUT2D eigenvalue weighted by Gasteiger charge is -2.35. The summed E-state index contributed by atoms with van der Waals surface area (Å²) >= 11 is 0. The van der Waals surface area contributed by atoms with Crippen molar-refractivity contribution in [1.29, 1.82) is 0 Å². The van der Waals surface area contributed by atoms with Crippen LogP contribution in [0.3, 0.4) is 0 Å². The number of nitrogens with one attached hydrogen (secondary N) is 3. The number of nitrogens with zero attached hydrogens (tertiary/aromatic N) is 8. The van der Waals surface area contributed by atoms with Gasteiger partial charge in [-0.2, -0.15) is 21.7 Å². The van der Waals surface area contributed by atoms with Crippen LogP contribution in [0.4, 0.5) is 17.2 Å². The Morgan fingerprint density at radius 2 is 1.60 bits per heavy atom. The summed E-state index contributed by atoms with van der Waals surface area (Å²) in [5, 5.41) is 23.7. The normalized spacial score (nSPS) is 20.7. The number of phenolic OH excluding ortho intramolecular Hbond substituents is 1. The van der Waals surface area contributed by atoms with Crippen molar-refractivity contribution in [2.75, 3.05) is 100 Å². The van der Waals surface area contributed by atoms with Crippen LogP contribution in [0, 0.1) is 11.8 Å².